The van der Waals surface area contributed by atoms with Gasteiger partial charge in [-0.1, -0.05) is 54.6 Å². The predicted molar refractivity (Wildman–Crippen MR) is 255 cm³/mol. The third-order valence-electron chi connectivity index (χ3n) is 12.2. The molecule has 0 radical (unpaired) electrons. The summed E-state index contributed by atoms with van der Waals surface area (Å²) >= 11 is 0. The summed E-state index contributed by atoms with van der Waals surface area (Å²) in [5, 5.41) is 14.1. The van der Waals surface area contributed by atoms with Gasteiger partial charge in [-0.25, -0.2) is 4.79 Å². The molecule has 4 aromatic rings. The Kier molecular flexibility index (Phi) is 18.5. The lowest BCUT2D eigenvalue weighted by molar-refractivity contribution is -0.277. The highest BCUT2D eigenvalue weighted by molar-refractivity contribution is 5.76. The summed E-state index contributed by atoms with van der Waals surface area (Å²) in [6.45, 7) is 4.40. The van der Waals surface area contributed by atoms with Crippen LogP contribution in [0, 0.1) is 6.92 Å². The van der Waals surface area contributed by atoms with Gasteiger partial charge in [0, 0.05) is 52.5 Å². The Labute approximate surface area is 415 Å². The number of H-pyrrole nitrogens is 1. The number of nitrogens with one attached hydrogen (secondary N) is 2. The monoisotopic (exact) mass is 1000 g/mol. The van der Waals surface area contributed by atoms with E-state index in [1.807, 2.05) is 54.6 Å². The fraction of sp³-hybridized carbons (Fsp3) is 0.471. The number of ether oxygens (including phenoxy) is 9. The van der Waals surface area contributed by atoms with Crippen LogP contribution in [-0.4, -0.2) is 139 Å². The lowest BCUT2D eigenvalue weighted by Gasteiger charge is -2.47. The van der Waals surface area contributed by atoms with Crippen molar-refractivity contribution in [1.29, 1.82) is 0 Å². The van der Waals surface area contributed by atoms with Gasteiger partial charge in [-0.2, -0.15) is 0 Å². The highest BCUT2D eigenvalue weighted by atomic mass is 16.7. The summed E-state index contributed by atoms with van der Waals surface area (Å²) in [6, 6.07) is 23.0. The van der Waals surface area contributed by atoms with Crippen LogP contribution >= 0.6 is 0 Å². The molecule has 0 saturated carbocycles. The van der Waals surface area contributed by atoms with Crippen molar-refractivity contribution < 1.29 is 71.7 Å². The number of aliphatic hydroxyl groups is 1. The number of unbranched alkanes of at least 4 members (excludes halogenated alkanes) is 1. The number of amides is 2. The number of aryl methyl sites for hydroxylation is 1. The molecule has 388 valence electrons. The molecule has 21 nitrogen and oxygen atoms in total. The highest BCUT2D eigenvalue weighted by Crippen LogP contribution is 2.43. The Morgan fingerprint density at radius 1 is 0.819 bits per heavy atom. The van der Waals surface area contributed by atoms with Gasteiger partial charge in [0.15, 0.2) is 24.7 Å². The SMILES string of the molecule is COc1ccc(C(OC[C@]2(CO)CN(C(=O)CCCCO[C@@H]3O[C@H](COC(C)=O)[C@H](OC(C)=O)[C@H](OC(C)=O)[C@H]3NC(C)=O)C[C@H](n3cc(C)c(=O)[nH]c3=O)O2)(c2ccccc2)c2ccc(OC)cc2)cc1. The van der Waals surface area contributed by atoms with Crippen molar-refractivity contribution >= 4 is 29.7 Å². The predicted octanol–water partition coefficient (Wildman–Crippen LogP) is 2.80. The van der Waals surface area contributed by atoms with Gasteiger partial charge in [0.05, 0.1) is 40.5 Å². The van der Waals surface area contributed by atoms with Gasteiger partial charge in [-0.15, -0.1) is 0 Å². The second-order valence-corrected chi connectivity index (χ2v) is 17.5. The van der Waals surface area contributed by atoms with Crippen molar-refractivity contribution in [2.45, 2.75) is 102 Å². The van der Waals surface area contributed by atoms with E-state index in [4.69, 9.17) is 42.6 Å². The number of morpholine rings is 1. The number of nitrogens with zero attached hydrogens (tertiary/aromatic N) is 2. The first-order valence-corrected chi connectivity index (χ1v) is 23.3. The summed E-state index contributed by atoms with van der Waals surface area (Å²) in [5.74, 6) is -1.88. The number of hydrogen-bond acceptors (Lipinski definition) is 17. The Morgan fingerprint density at radius 2 is 1.42 bits per heavy atom. The molecule has 2 aliphatic heterocycles. The Balaban J connectivity index is 1.27. The quantitative estimate of drug-likeness (QED) is 0.0469. The highest BCUT2D eigenvalue weighted by Gasteiger charge is 2.52. The summed E-state index contributed by atoms with van der Waals surface area (Å²) in [7, 11) is 3.12. The second-order valence-electron chi connectivity index (χ2n) is 17.5. The van der Waals surface area contributed by atoms with Gasteiger partial charge in [-0.3, -0.25) is 38.3 Å². The largest absolute Gasteiger partial charge is 0.497 e. The lowest BCUT2D eigenvalue weighted by Crippen LogP contribution is -2.66. The number of carbonyl (C=O) groups excluding carboxylic acids is 5. The van der Waals surface area contributed by atoms with Gasteiger partial charge in [0.25, 0.3) is 5.56 Å². The number of aliphatic hydroxyl groups excluding tert-OH is 1. The number of benzene rings is 3. The zero-order chi connectivity index (χ0) is 52.2. The molecule has 0 aliphatic carbocycles. The first kappa shape index (κ1) is 54.4. The van der Waals surface area contributed by atoms with E-state index in [2.05, 4.69) is 10.3 Å². The number of rotatable bonds is 21. The molecule has 6 rings (SSSR count). The smallest absolute Gasteiger partial charge is 0.330 e. The maximum absolute atomic E-state index is 14.4. The Hall–Kier alpha value is -6.91. The molecular weight excluding hydrogens is 941 g/mol. The van der Waals surface area contributed by atoms with Gasteiger partial charge in [0.2, 0.25) is 11.8 Å². The molecule has 3 N–H and O–H groups in total. The first-order chi connectivity index (χ1) is 34.4. The maximum atomic E-state index is 14.4. The fourth-order valence-electron chi connectivity index (χ4n) is 8.79. The van der Waals surface area contributed by atoms with Crippen molar-refractivity contribution in [3.8, 4) is 11.5 Å². The van der Waals surface area contributed by atoms with E-state index in [-0.39, 0.29) is 57.0 Å². The van der Waals surface area contributed by atoms with Crippen LogP contribution in [0.4, 0.5) is 0 Å². The van der Waals surface area contributed by atoms with Crippen molar-refractivity contribution in [2.24, 2.45) is 0 Å². The number of carbonyl (C=O) groups is 5. The third-order valence-corrected chi connectivity index (χ3v) is 12.2. The summed E-state index contributed by atoms with van der Waals surface area (Å²) in [5.41, 5.74) is -2.11. The molecule has 0 spiro atoms. The van der Waals surface area contributed by atoms with Crippen molar-refractivity contribution in [3.05, 3.63) is 128 Å². The Morgan fingerprint density at radius 3 is 1.97 bits per heavy atom. The molecule has 3 heterocycles. The number of methoxy groups -OCH3 is 2. The standard InChI is InChI=1S/C51H62N4O17/c1-31-25-55(49(63)53-47(31)62)43-26-54(42(61)15-11-12-24-66-48-44(52-32(2)57)46(70-35(5)60)45(69-34(4)59)41(71-48)27-67-33(3)58)28-50(29-56,72-43)30-68-51(36-13-9-8-10-14-36,37-16-20-39(64-6)21-17-37)38-18-22-40(65-7)23-19-38/h8-10,13-14,16-23,25,41,43-46,48,56H,11-12,15,24,26-30H2,1-7H3,(H,52,57)(H,53,62,63)/t41-,43-,44-,45+,46-,48-,50-/m1/s1. The zero-order valence-corrected chi connectivity index (χ0v) is 41.3. The summed E-state index contributed by atoms with van der Waals surface area (Å²) in [4.78, 5) is 92.8. The molecule has 2 aliphatic rings. The van der Waals surface area contributed by atoms with Crippen LogP contribution < -0.4 is 26.0 Å². The van der Waals surface area contributed by atoms with Crippen LogP contribution in [0.1, 0.15) is 75.4 Å². The van der Waals surface area contributed by atoms with Crippen LogP contribution in [0.5, 0.6) is 11.5 Å². The summed E-state index contributed by atoms with van der Waals surface area (Å²) in [6.07, 6.45) is -4.51. The molecular formula is C51H62N4O17. The third kappa shape index (κ3) is 13.1. The van der Waals surface area contributed by atoms with Crippen molar-refractivity contribution in [3.63, 3.8) is 0 Å². The minimum atomic E-state index is -1.66. The van der Waals surface area contributed by atoms with E-state index in [1.165, 1.54) is 36.4 Å². The maximum Gasteiger partial charge on any atom is 0.330 e. The van der Waals surface area contributed by atoms with E-state index in [0.717, 1.165) is 19.4 Å². The molecule has 2 amide bonds. The average Bonchev–Trinajstić information content (AvgIpc) is 3.36. The van der Waals surface area contributed by atoms with E-state index < -0.39 is 96.4 Å². The average molecular weight is 1000 g/mol. The Bertz CT molecular complexity index is 2570. The second kappa shape index (κ2) is 24.5. The van der Waals surface area contributed by atoms with Crippen molar-refractivity contribution in [1.82, 2.24) is 19.8 Å². The first-order valence-electron chi connectivity index (χ1n) is 23.3. The van der Waals surface area contributed by atoms with Gasteiger partial charge < -0.3 is 58.0 Å². The van der Waals surface area contributed by atoms with E-state index in [1.54, 1.807) is 38.5 Å². The molecule has 0 unspecified atom stereocenters. The molecule has 21 heteroatoms. The lowest BCUT2D eigenvalue weighted by atomic mass is 9.79. The topological polar surface area (TPSA) is 259 Å². The summed E-state index contributed by atoms with van der Waals surface area (Å²) < 4.78 is 54.4. The molecule has 2 saturated heterocycles. The van der Waals surface area contributed by atoms with Crippen molar-refractivity contribution in [2.75, 3.05) is 53.7 Å². The fourth-order valence-corrected chi connectivity index (χ4v) is 8.79. The van der Waals surface area contributed by atoms with E-state index in [9.17, 15) is 38.7 Å². The molecule has 2 fully saturated rings. The number of aromatic amines is 1. The minimum absolute atomic E-state index is 0.0516. The van der Waals surface area contributed by atoms with Gasteiger partial charge >= 0.3 is 23.6 Å². The number of aromatic nitrogens is 2. The normalized spacial score (nSPS) is 22.0. The van der Waals surface area contributed by atoms with Gasteiger partial charge in [-0.05, 0) is 60.7 Å². The van der Waals surface area contributed by atoms with Crippen LogP contribution in [0.15, 0.2) is 94.6 Å². The number of hydrogen-bond donors (Lipinski definition) is 3. The molecule has 7 atom stereocenters. The van der Waals surface area contributed by atoms with Crippen LogP contribution in [0.25, 0.3) is 0 Å². The molecule has 1 aromatic heterocycles. The molecule has 3 aromatic carbocycles. The van der Waals surface area contributed by atoms with Crippen LogP contribution in [0.3, 0.4) is 0 Å². The molecule has 0 bridgehead atoms. The van der Waals surface area contributed by atoms with E-state index >= 15 is 0 Å². The zero-order valence-electron chi connectivity index (χ0n) is 41.3. The van der Waals surface area contributed by atoms with Crippen LogP contribution in [-0.2, 0) is 62.7 Å². The van der Waals surface area contributed by atoms with Crippen LogP contribution in [0.2, 0.25) is 0 Å². The van der Waals surface area contributed by atoms with E-state index in [0.29, 0.717) is 22.6 Å². The molecule has 72 heavy (non-hydrogen) atoms. The minimum Gasteiger partial charge on any atom is -0.497 e. The number of esters is 3. The van der Waals surface area contributed by atoms with Gasteiger partial charge in [0.1, 0.15) is 41.5 Å².